The molecule has 0 amide bonds. The van der Waals surface area contributed by atoms with Crippen LogP contribution in [0.2, 0.25) is 0 Å². The second kappa shape index (κ2) is 6.81. The summed E-state index contributed by atoms with van der Waals surface area (Å²) >= 11 is 0. The summed E-state index contributed by atoms with van der Waals surface area (Å²) in [7, 11) is 3.13. The van der Waals surface area contributed by atoms with Crippen LogP contribution in [0.1, 0.15) is 25.7 Å². The Morgan fingerprint density at radius 2 is 2.00 bits per heavy atom. The van der Waals surface area contributed by atoms with Gasteiger partial charge in [0.05, 0.1) is 20.5 Å². The summed E-state index contributed by atoms with van der Waals surface area (Å²) in [4.78, 5) is 21.0. The molecule has 3 aromatic heterocycles. The summed E-state index contributed by atoms with van der Waals surface area (Å²) in [6.45, 7) is 0. The Bertz CT molecular complexity index is 1010. The minimum atomic E-state index is 0.412. The number of aromatic nitrogens is 5. The molecule has 3 N–H and O–H groups in total. The van der Waals surface area contributed by atoms with E-state index < -0.39 is 0 Å². The number of H-pyrrole nitrogens is 1. The molecule has 2 aliphatic carbocycles. The van der Waals surface area contributed by atoms with Gasteiger partial charge in [0.2, 0.25) is 17.7 Å². The predicted molar refractivity (Wildman–Crippen MR) is 105 cm³/mol. The number of hydrogen-bond acceptors (Lipinski definition) is 8. The summed E-state index contributed by atoms with van der Waals surface area (Å²) < 4.78 is 10.5. The standard InChI is InChI=1S/C19H23N7O2/c1-27-14-6-5-12(18(24-14)28-2)23-19-25-16-15(20-9-21-16)17(26-19)22-13-8-10-3-4-11(13)7-10/h5-6,9-11,13H,3-4,7-8H2,1-2H3,(H3,20,21,22,23,25,26). The van der Waals surface area contributed by atoms with Crippen molar-refractivity contribution in [1.82, 2.24) is 24.9 Å². The van der Waals surface area contributed by atoms with E-state index in [1.165, 1.54) is 25.7 Å². The third-order valence-electron chi connectivity index (χ3n) is 5.82. The average molecular weight is 381 g/mol. The van der Waals surface area contributed by atoms with Crippen molar-refractivity contribution in [1.29, 1.82) is 0 Å². The van der Waals surface area contributed by atoms with Crippen molar-refractivity contribution in [3.8, 4) is 11.8 Å². The van der Waals surface area contributed by atoms with Crippen LogP contribution >= 0.6 is 0 Å². The van der Waals surface area contributed by atoms with Gasteiger partial charge in [-0.05, 0) is 37.2 Å². The van der Waals surface area contributed by atoms with Crippen molar-refractivity contribution < 1.29 is 9.47 Å². The average Bonchev–Trinajstić information content (AvgIpc) is 3.45. The maximum Gasteiger partial charge on any atom is 0.240 e. The lowest BCUT2D eigenvalue weighted by molar-refractivity contribution is 0.366. The van der Waals surface area contributed by atoms with E-state index in [1.54, 1.807) is 26.6 Å². The number of fused-ring (bicyclic) bond motifs is 3. The zero-order valence-corrected chi connectivity index (χ0v) is 15.9. The molecular weight excluding hydrogens is 358 g/mol. The molecule has 0 aromatic carbocycles. The molecule has 146 valence electrons. The van der Waals surface area contributed by atoms with E-state index in [2.05, 4.69) is 30.6 Å². The van der Waals surface area contributed by atoms with E-state index in [-0.39, 0.29) is 0 Å². The lowest BCUT2D eigenvalue weighted by Crippen LogP contribution is -2.26. The van der Waals surface area contributed by atoms with Gasteiger partial charge in [0.1, 0.15) is 11.2 Å². The summed E-state index contributed by atoms with van der Waals surface area (Å²) in [6, 6.07) is 4.04. The first kappa shape index (κ1) is 17.0. The van der Waals surface area contributed by atoms with Crippen LogP contribution in [0.15, 0.2) is 18.5 Å². The number of anilines is 3. The molecule has 0 radical (unpaired) electrons. The highest BCUT2D eigenvalue weighted by Crippen LogP contribution is 2.45. The second-order valence-electron chi connectivity index (χ2n) is 7.46. The molecule has 2 bridgehead atoms. The number of rotatable bonds is 6. The first-order valence-corrected chi connectivity index (χ1v) is 9.57. The van der Waals surface area contributed by atoms with Crippen LogP contribution in [0.3, 0.4) is 0 Å². The molecule has 3 heterocycles. The molecule has 9 heteroatoms. The molecule has 9 nitrogen and oxygen atoms in total. The Morgan fingerprint density at radius 3 is 2.75 bits per heavy atom. The number of nitrogens with zero attached hydrogens (tertiary/aromatic N) is 4. The van der Waals surface area contributed by atoms with Gasteiger partial charge in [0, 0.05) is 12.1 Å². The molecule has 3 unspecified atom stereocenters. The van der Waals surface area contributed by atoms with Gasteiger partial charge in [0.15, 0.2) is 11.5 Å². The quantitative estimate of drug-likeness (QED) is 0.597. The molecule has 0 spiro atoms. The van der Waals surface area contributed by atoms with Crippen molar-refractivity contribution in [3.05, 3.63) is 18.5 Å². The van der Waals surface area contributed by atoms with E-state index in [0.717, 1.165) is 23.2 Å². The number of imidazole rings is 1. The van der Waals surface area contributed by atoms with Gasteiger partial charge in [-0.2, -0.15) is 15.0 Å². The second-order valence-corrected chi connectivity index (χ2v) is 7.46. The maximum atomic E-state index is 5.36. The summed E-state index contributed by atoms with van der Waals surface area (Å²) in [5.41, 5.74) is 2.10. The number of ether oxygens (including phenoxy) is 2. The Balaban J connectivity index is 1.45. The van der Waals surface area contributed by atoms with Gasteiger partial charge in [0.25, 0.3) is 0 Å². The normalized spacial score (nSPS) is 23.1. The van der Waals surface area contributed by atoms with Crippen molar-refractivity contribution in [2.45, 2.75) is 31.7 Å². The Kier molecular flexibility index (Phi) is 4.14. The van der Waals surface area contributed by atoms with Gasteiger partial charge in [-0.3, -0.25) is 0 Å². The van der Waals surface area contributed by atoms with Crippen LogP contribution in [0.25, 0.3) is 11.2 Å². The zero-order chi connectivity index (χ0) is 19.1. The fourth-order valence-electron chi connectivity index (χ4n) is 4.50. The summed E-state index contributed by atoms with van der Waals surface area (Å²) in [6.07, 6.45) is 6.84. The maximum absolute atomic E-state index is 5.36. The lowest BCUT2D eigenvalue weighted by Gasteiger charge is -2.23. The smallest absolute Gasteiger partial charge is 0.240 e. The van der Waals surface area contributed by atoms with Gasteiger partial charge in [-0.1, -0.05) is 6.42 Å². The Morgan fingerprint density at radius 1 is 1.07 bits per heavy atom. The highest BCUT2D eigenvalue weighted by atomic mass is 16.5. The molecule has 3 aromatic rings. The number of methoxy groups -OCH3 is 2. The fraction of sp³-hybridized carbons (Fsp3) is 0.474. The first-order chi connectivity index (χ1) is 13.7. The summed E-state index contributed by atoms with van der Waals surface area (Å²) in [5, 5.41) is 6.84. The van der Waals surface area contributed by atoms with Crippen molar-refractivity contribution in [3.63, 3.8) is 0 Å². The zero-order valence-electron chi connectivity index (χ0n) is 15.9. The monoisotopic (exact) mass is 381 g/mol. The molecule has 2 saturated carbocycles. The third-order valence-corrected chi connectivity index (χ3v) is 5.82. The molecule has 3 atom stereocenters. The van der Waals surface area contributed by atoms with Crippen molar-refractivity contribution in [2.75, 3.05) is 24.9 Å². The fourth-order valence-corrected chi connectivity index (χ4v) is 4.50. The van der Waals surface area contributed by atoms with E-state index in [0.29, 0.717) is 35.1 Å². The predicted octanol–water partition coefficient (Wildman–Crippen LogP) is 3.11. The van der Waals surface area contributed by atoms with Crippen LogP contribution < -0.4 is 20.1 Å². The Hall–Kier alpha value is -3.10. The van der Waals surface area contributed by atoms with Crippen molar-refractivity contribution >= 4 is 28.6 Å². The number of pyridine rings is 1. The van der Waals surface area contributed by atoms with Crippen molar-refractivity contribution in [2.24, 2.45) is 11.8 Å². The largest absolute Gasteiger partial charge is 0.481 e. The van der Waals surface area contributed by atoms with E-state index >= 15 is 0 Å². The van der Waals surface area contributed by atoms with E-state index in [1.807, 2.05) is 6.07 Å². The first-order valence-electron chi connectivity index (χ1n) is 9.57. The Labute approximate surface area is 162 Å². The minimum absolute atomic E-state index is 0.412. The van der Waals surface area contributed by atoms with Gasteiger partial charge >= 0.3 is 0 Å². The third kappa shape index (κ3) is 2.96. The molecule has 2 fully saturated rings. The minimum Gasteiger partial charge on any atom is -0.481 e. The molecule has 5 rings (SSSR count). The van der Waals surface area contributed by atoms with Crippen LogP contribution in [0, 0.1) is 11.8 Å². The summed E-state index contributed by atoms with van der Waals surface area (Å²) in [5.74, 6) is 3.68. The lowest BCUT2D eigenvalue weighted by atomic mass is 9.95. The number of nitrogens with one attached hydrogen (secondary N) is 3. The topological polar surface area (TPSA) is 110 Å². The molecule has 0 aliphatic heterocycles. The van der Waals surface area contributed by atoms with E-state index in [9.17, 15) is 0 Å². The van der Waals surface area contributed by atoms with Crippen LogP contribution in [0.4, 0.5) is 17.5 Å². The number of aromatic amines is 1. The van der Waals surface area contributed by atoms with Gasteiger partial charge < -0.3 is 25.1 Å². The highest BCUT2D eigenvalue weighted by Gasteiger charge is 2.39. The van der Waals surface area contributed by atoms with Gasteiger partial charge in [-0.15, -0.1) is 0 Å². The SMILES string of the molecule is COc1ccc(Nc2nc(NC3CC4CCC3C4)c3nc[nH]c3n2)c(OC)n1. The molecular formula is C19H23N7O2. The van der Waals surface area contributed by atoms with Crippen LogP contribution in [-0.2, 0) is 0 Å². The molecule has 0 saturated heterocycles. The van der Waals surface area contributed by atoms with Crippen LogP contribution in [-0.4, -0.2) is 45.2 Å². The van der Waals surface area contributed by atoms with Gasteiger partial charge in [-0.25, -0.2) is 4.98 Å². The number of hydrogen-bond donors (Lipinski definition) is 3. The highest BCUT2D eigenvalue weighted by molar-refractivity contribution is 5.84. The van der Waals surface area contributed by atoms with E-state index in [4.69, 9.17) is 14.5 Å². The molecule has 28 heavy (non-hydrogen) atoms. The van der Waals surface area contributed by atoms with Crippen LogP contribution in [0.5, 0.6) is 11.8 Å². The molecule has 2 aliphatic rings.